The van der Waals surface area contributed by atoms with Gasteiger partial charge in [0.1, 0.15) is 0 Å². The van der Waals surface area contributed by atoms with Crippen molar-refractivity contribution in [3.8, 4) is 0 Å². The van der Waals surface area contributed by atoms with E-state index < -0.39 is 0 Å². The van der Waals surface area contributed by atoms with Crippen molar-refractivity contribution in [3.63, 3.8) is 0 Å². The van der Waals surface area contributed by atoms with E-state index in [0.29, 0.717) is 12.6 Å². The van der Waals surface area contributed by atoms with Crippen LogP contribution in [-0.4, -0.2) is 31.1 Å². The van der Waals surface area contributed by atoms with Crippen molar-refractivity contribution in [2.75, 3.05) is 20.2 Å². The Labute approximate surface area is 110 Å². The van der Waals surface area contributed by atoms with Crippen LogP contribution in [0.5, 0.6) is 0 Å². The molecule has 3 nitrogen and oxygen atoms in total. The van der Waals surface area contributed by atoms with Crippen molar-refractivity contribution in [1.29, 1.82) is 0 Å². The maximum Gasteiger partial charge on any atom is 0.0713 e. The maximum atomic E-state index is 6.28. The average Bonchev–Trinajstić information content (AvgIpc) is 2.72. The monoisotopic (exact) mass is 248 g/mol. The topological polar surface area (TPSA) is 38.5 Å². The van der Waals surface area contributed by atoms with E-state index in [4.69, 9.17) is 10.5 Å². The van der Waals surface area contributed by atoms with Crippen LogP contribution >= 0.6 is 0 Å². The van der Waals surface area contributed by atoms with Crippen molar-refractivity contribution < 1.29 is 4.74 Å². The summed E-state index contributed by atoms with van der Waals surface area (Å²) in [5.74, 6) is 0. The molecule has 0 aliphatic carbocycles. The highest BCUT2D eigenvalue weighted by atomic mass is 16.5. The molecule has 0 bridgehead atoms. The second-order valence-electron chi connectivity index (χ2n) is 5.11. The molecule has 0 saturated carbocycles. The molecule has 1 aromatic carbocycles. The molecule has 1 aliphatic heterocycles. The second kappa shape index (κ2) is 6.32. The van der Waals surface area contributed by atoms with Gasteiger partial charge in [-0.05, 0) is 30.5 Å². The van der Waals surface area contributed by atoms with E-state index in [9.17, 15) is 0 Å². The lowest BCUT2D eigenvalue weighted by Crippen LogP contribution is -2.32. The zero-order valence-corrected chi connectivity index (χ0v) is 11.4. The van der Waals surface area contributed by atoms with E-state index in [1.54, 1.807) is 7.11 Å². The summed E-state index contributed by atoms with van der Waals surface area (Å²) in [5.41, 5.74) is 8.85. The largest absolute Gasteiger partial charge is 0.380 e. The fourth-order valence-electron chi connectivity index (χ4n) is 2.91. The number of benzene rings is 1. The molecular formula is C15H24N2O. The van der Waals surface area contributed by atoms with E-state index in [1.165, 1.54) is 17.5 Å². The molecule has 2 N–H and O–H groups in total. The highest BCUT2D eigenvalue weighted by molar-refractivity contribution is 5.27. The van der Waals surface area contributed by atoms with Gasteiger partial charge < -0.3 is 10.5 Å². The summed E-state index contributed by atoms with van der Waals surface area (Å²) in [6.45, 7) is 5.15. The zero-order valence-electron chi connectivity index (χ0n) is 11.4. The van der Waals surface area contributed by atoms with Crippen LogP contribution in [0.25, 0.3) is 0 Å². The SMILES string of the molecule is CCCN1CCC(N)C1c1cccc(COC)c1. The van der Waals surface area contributed by atoms with Crippen molar-refractivity contribution >= 4 is 0 Å². The lowest BCUT2D eigenvalue weighted by atomic mass is 9.99. The first-order valence-electron chi connectivity index (χ1n) is 6.83. The first-order chi connectivity index (χ1) is 8.76. The van der Waals surface area contributed by atoms with Crippen LogP contribution in [0.15, 0.2) is 24.3 Å². The third-order valence-corrected chi connectivity index (χ3v) is 3.66. The molecule has 1 fully saturated rings. The molecule has 0 amide bonds. The highest BCUT2D eigenvalue weighted by Gasteiger charge is 2.32. The number of nitrogens with zero attached hydrogens (tertiary/aromatic N) is 1. The van der Waals surface area contributed by atoms with Crippen molar-refractivity contribution in [1.82, 2.24) is 4.90 Å². The Morgan fingerprint density at radius 3 is 3.00 bits per heavy atom. The minimum Gasteiger partial charge on any atom is -0.380 e. The fraction of sp³-hybridized carbons (Fsp3) is 0.600. The van der Waals surface area contributed by atoms with Gasteiger partial charge in [0.15, 0.2) is 0 Å². The van der Waals surface area contributed by atoms with E-state index >= 15 is 0 Å². The summed E-state index contributed by atoms with van der Waals surface area (Å²) < 4.78 is 5.20. The molecule has 3 heteroatoms. The number of ether oxygens (including phenoxy) is 1. The van der Waals surface area contributed by atoms with E-state index in [-0.39, 0.29) is 6.04 Å². The van der Waals surface area contributed by atoms with Crippen LogP contribution in [0.3, 0.4) is 0 Å². The standard InChI is InChI=1S/C15H24N2O/c1-3-8-17-9-7-14(16)15(17)13-6-4-5-12(10-13)11-18-2/h4-6,10,14-15H,3,7-9,11,16H2,1-2H3. The normalized spacial score (nSPS) is 24.6. The fourth-order valence-corrected chi connectivity index (χ4v) is 2.91. The molecule has 2 atom stereocenters. The van der Waals surface area contributed by atoms with Gasteiger partial charge in [-0.3, -0.25) is 4.90 Å². The van der Waals surface area contributed by atoms with E-state index in [0.717, 1.165) is 19.5 Å². The van der Waals surface area contributed by atoms with Crippen LogP contribution in [0.2, 0.25) is 0 Å². The molecular weight excluding hydrogens is 224 g/mol. The first-order valence-corrected chi connectivity index (χ1v) is 6.83. The van der Waals surface area contributed by atoms with Crippen molar-refractivity contribution in [3.05, 3.63) is 35.4 Å². The second-order valence-corrected chi connectivity index (χ2v) is 5.11. The molecule has 2 unspecified atom stereocenters. The molecule has 0 spiro atoms. The number of nitrogens with two attached hydrogens (primary N) is 1. The molecule has 1 aromatic rings. The summed E-state index contributed by atoms with van der Waals surface area (Å²) in [5, 5.41) is 0. The zero-order chi connectivity index (χ0) is 13.0. The third kappa shape index (κ3) is 2.91. The first kappa shape index (κ1) is 13.5. The number of rotatable bonds is 5. The van der Waals surface area contributed by atoms with Gasteiger partial charge in [-0.15, -0.1) is 0 Å². The predicted molar refractivity (Wildman–Crippen MR) is 74.4 cm³/mol. The van der Waals surface area contributed by atoms with E-state index in [1.807, 2.05) is 0 Å². The lowest BCUT2D eigenvalue weighted by Gasteiger charge is -2.27. The summed E-state index contributed by atoms with van der Waals surface area (Å²) in [4.78, 5) is 2.51. The Morgan fingerprint density at radius 2 is 2.28 bits per heavy atom. The van der Waals surface area contributed by atoms with Crippen LogP contribution in [0.4, 0.5) is 0 Å². The van der Waals surface area contributed by atoms with Gasteiger partial charge in [-0.2, -0.15) is 0 Å². The van der Waals surface area contributed by atoms with Gasteiger partial charge in [-0.1, -0.05) is 31.2 Å². The van der Waals surface area contributed by atoms with Crippen LogP contribution in [0.1, 0.15) is 36.9 Å². The summed E-state index contributed by atoms with van der Waals surface area (Å²) in [6, 6.07) is 9.28. The Bertz CT molecular complexity index is 379. The Balaban J connectivity index is 2.19. The molecule has 2 rings (SSSR count). The molecule has 1 saturated heterocycles. The predicted octanol–water partition coefficient (Wildman–Crippen LogP) is 2.32. The van der Waals surface area contributed by atoms with Gasteiger partial charge in [0.2, 0.25) is 0 Å². The molecule has 18 heavy (non-hydrogen) atoms. The summed E-state index contributed by atoms with van der Waals surface area (Å²) in [7, 11) is 1.73. The molecule has 1 heterocycles. The van der Waals surface area contributed by atoms with Crippen molar-refractivity contribution in [2.24, 2.45) is 5.73 Å². The van der Waals surface area contributed by atoms with Crippen LogP contribution in [-0.2, 0) is 11.3 Å². The summed E-state index contributed by atoms with van der Waals surface area (Å²) in [6.07, 6.45) is 2.28. The Hall–Kier alpha value is -0.900. The quantitative estimate of drug-likeness (QED) is 0.869. The number of likely N-dealkylation sites (tertiary alicyclic amines) is 1. The number of methoxy groups -OCH3 is 1. The summed E-state index contributed by atoms with van der Waals surface area (Å²) >= 11 is 0. The Morgan fingerprint density at radius 1 is 1.44 bits per heavy atom. The minimum atomic E-state index is 0.259. The van der Waals surface area contributed by atoms with Gasteiger partial charge in [0, 0.05) is 25.7 Å². The maximum absolute atomic E-state index is 6.28. The van der Waals surface area contributed by atoms with E-state index in [2.05, 4.69) is 36.1 Å². The lowest BCUT2D eigenvalue weighted by molar-refractivity contribution is 0.184. The van der Waals surface area contributed by atoms with Gasteiger partial charge >= 0.3 is 0 Å². The molecule has 1 aliphatic rings. The van der Waals surface area contributed by atoms with Crippen LogP contribution in [0, 0.1) is 0 Å². The van der Waals surface area contributed by atoms with Gasteiger partial charge in [0.25, 0.3) is 0 Å². The minimum absolute atomic E-state index is 0.259. The smallest absolute Gasteiger partial charge is 0.0713 e. The Kier molecular flexibility index (Phi) is 4.75. The van der Waals surface area contributed by atoms with Gasteiger partial charge in [0.05, 0.1) is 6.61 Å². The molecule has 0 aromatic heterocycles. The highest BCUT2D eigenvalue weighted by Crippen LogP contribution is 2.31. The number of hydrogen-bond donors (Lipinski definition) is 1. The molecule has 100 valence electrons. The van der Waals surface area contributed by atoms with Crippen molar-refractivity contribution in [2.45, 2.75) is 38.5 Å². The third-order valence-electron chi connectivity index (χ3n) is 3.66. The van der Waals surface area contributed by atoms with Gasteiger partial charge in [-0.25, -0.2) is 0 Å². The van der Waals surface area contributed by atoms with Crippen LogP contribution < -0.4 is 5.73 Å². The average molecular weight is 248 g/mol. The molecule has 0 radical (unpaired) electrons. The number of hydrogen-bond acceptors (Lipinski definition) is 3.